The van der Waals surface area contributed by atoms with Crippen LogP contribution in [0.25, 0.3) is 11.1 Å². The van der Waals surface area contributed by atoms with E-state index in [2.05, 4.69) is 0 Å². The van der Waals surface area contributed by atoms with E-state index in [1.54, 1.807) is 36.4 Å². The van der Waals surface area contributed by atoms with Crippen molar-refractivity contribution in [2.24, 2.45) is 0 Å². The lowest BCUT2D eigenvalue weighted by Crippen LogP contribution is -1.99. The molecule has 0 bridgehead atoms. The van der Waals surface area contributed by atoms with Gasteiger partial charge in [0.05, 0.1) is 20.0 Å². The largest absolute Gasteiger partial charge is 0.224 e. The molecule has 6 heteroatoms. The van der Waals surface area contributed by atoms with Gasteiger partial charge in [-0.2, -0.15) is 0 Å². The van der Waals surface area contributed by atoms with Gasteiger partial charge in [-0.25, -0.2) is 8.42 Å². The number of rotatable bonds is 2. The zero-order chi connectivity index (χ0) is 14.2. The SMILES string of the molecule is CS(=O)(=O)c1ccccc1-c1cc(Cl)c(Cl)c(Cl)c1. The molecule has 100 valence electrons. The van der Waals surface area contributed by atoms with Gasteiger partial charge < -0.3 is 0 Å². The summed E-state index contributed by atoms with van der Waals surface area (Å²) in [6, 6.07) is 9.85. The molecule has 0 unspecified atom stereocenters. The molecule has 2 nitrogen and oxygen atoms in total. The van der Waals surface area contributed by atoms with E-state index in [1.165, 1.54) is 0 Å². The van der Waals surface area contributed by atoms with Crippen LogP contribution in [0.5, 0.6) is 0 Å². The number of benzene rings is 2. The molecule has 0 radical (unpaired) electrons. The van der Waals surface area contributed by atoms with Gasteiger partial charge >= 0.3 is 0 Å². The topological polar surface area (TPSA) is 34.1 Å². The first-order valence-corrected chi connectivity index (χ1v) is 8.27. The number of hydrogen-bond acceptors (Lipinski definition) is 2. The lowest BCUT2D eigenvalue weighted by Gasteiger charge is -2.10. The highest BCUT2D eigenvalue weighted by molar-refractivity contribution is 7.90. The van der Waals surface area contributed by atoms with Crippen LogP contribution in [0, 0.1) is 0 Å². The van der Waals surface area contributed by atoms with E-state index in [9.17, 15) is 8.42 Å². The molecule has 0 aliphatic heterocycles. The van der Waals surface area contributed by atoms with Gasteiger partial charge in [-0.3, -0.25) is 0 Å². The molecular weight excluding hydrogens is 327 g/mol. The Hall–Kier alpha value is -0.740. The molecule has 19 heavy (non-hydrogen) atoms. The molecule has 0 saturated carbocycles. The van der Waals surface area contributed by atoms with E-state index in [0.29, 0.717) is 11.1 Å². The van der Waals surface area contributed by atoms with Crippen LogP contribution in [0.2, 0.25) is 15.1 Å². The average molecular weight is 336 g/mol. The Labute approximate surface area is 126 Å². The molecular formula is C13H9Cl3O2S. The Bertz CT molecular complexity index is 716. The number of sulfone groups is 1. The maximum Gasteiger partial charge on any atom is 0.176 e. The molecule has 0 aliphatic carbocycles. The van der Waals surface area contributed by atoms with Crippen molar-refractivity contribution < 1.29 is 8.42 Å². The minimum atomic E-state index is -3.34. The van der Waals surface area contributed by atoms with Gasteiger partial charge in [0, 0.05) is 11.8 Å². The fourth-order valence-corrected chi connectivity index (χ4v) is 3.25. The summed E-state index contributed by atoms with van der Waals surface area (Å²) in [6.07, 6.45) is 1.16. The molecule has 0 amide bonds. The van der Waals surface area contributed by atoms with E-state index in [4.69, 9.17) is 34.8 Å². The van der Waals surface area contributed by atoms with E-state index in [1.807, 2.05) is 0 Å². The first-order chi connectivity index (χ1) is 8.80. The summed E-state index contributed by atoms with van der Waals surface area (Å²) in [6.45, 7) is 0. The Balaban J connectivity index is 2.74. The lowest BCUT2D eigenvalue weighted by atomic mass is 10.1. The zero-order valence-corrected chi connectivity index (χ0v) is 12.9. The van der Waals surface area contributed by atoms with Crippen molar-refractivity contribution in [3.05, 3.63) is 51.5 Å². The minimum absolute atomic E-state index is 0.226. The molecule has 2 aromatic carbocycles. The second-order valence-electron chi connectivity index (χ2n) is 4.02. The Morgan fingerprint density at radius 1 is 0.947 bits per heavy atom. The van der Waals surface area contributed by atoms with Crippen molar-refractivity contribution in [2.45, 2.75) is 4.90 Å². The normalized spacial score (nSPS) is 11.6. The lowest BCUT2D eigenvalue weighted by molar-refractivity contribution is 0.602. The van der Waals surface area contributed by atoms with Crippen molar-refractivity contribution in [3.63, 3.8) is 0 Å². The highest BCUT2D eigenvalue weighted by Gasteiger charge is 2.15. The van der Waals surface area contributed by atoms with Crippen LogP contribution < -0.4 is 0 Å². The minimum Gasteiger partial charge on any atom is -0.224 e. The van der Waals surface area contributed by atoms with Gasteiger partial charge in [0.15, 0.2) is 9.84 Å². The third-order valence-corrected chi connectivity index (χ3v) is 4.93. The van der Waals surface area contributed by atoms with Crippen molar-refractivity contribution in [1.29, 1.82) is 0 Å². The summed E-state index contributed by atoms with van der Waals surface area (Å²) in [5.74, 6) is 0. The maximum absolute atomic E-state index is 11.8. The van der Waals surface area contributed by atoms with Crippen LogP contribution in [-0.4, -0.2) is 14.7 Å². The summed E-state index contributed by atoms with van der Waals surface area (Å²) >= 11 is 17.8. The predicted octanol–water partition coefficient (Wildman–Crippen LogP) is 4.72. The van der Waals surface area contributed by atoms with Crippen molar-refractivity contribution >= 4 is 44.6 Å². The average Bonchev–Trinajstić information content (AvgIpc) is 2.34. The van der Waals surface area contributed by atoms with Crippen molar-refractivity contribution in [2.75, 3.05) is 6.26 Å². The molecule has 0 saturated heterocycles. The number of hydrogen-bond donors (Lipinski definition) is 0. The highest BCUT2D eigenvalue weighted by Crippen LogP contribution is 2.36. The second-order valence-corrected chi connectivity index (χ2v) is 7.20. The molecule has 0 atom stereocenters. The molecule has 0 fully saturated rings. The second kappa shape index (κ2) is 5.33. The van der Waals surface area contributed by atoms with Crippen LogP contribution in [0.3, 0.4) is 0 Å². The fraction of sp³-hybridized carbons (Fsp3) is 0.0769. The van der Waals surface area contributed by atoms with Gasteiger partial charge in [-0.15, -0.1) is 0 Å². The maximum atomic E-state index is 11.8. The molecule has 0 heterocycles. The van der Waals surface area contributed by atoms with Crippen LogP contribution >= 0.6 is 34.8 Å². The third kappa shape index (κ3) is 3.06. The Morgan fingerprint density at radius 3 is 2.00 bits per heavy atom. The quantitative estimate of drug-likeness (QED) is 0.744. The monoisotopic (exact) mass is 334 g/mol. The van der Waals surface area contributed by atoms with E-state index in [0.717, 1.165) is 6.26 Å². The predicted molar refractivity (Wildman–Crippen MR) is 80.0 cm³/mol. The Kier molecular flexibility index (Phi) is 4.11. The van der Waals surface area contributed by atoms with E-state index in [-0.39, 0.29) is 20.0 Å². The van der Waals surface area contributed by atoms with E-state index < -0.39 is 9.84 Å². The van der Waals surface area contributed by atoms with Gasteiger partial charge in [-0.1, -0.05) is 53.0 Å². The smallest absolute Gasteiger partial charge is 0.176 e. The highest BCUT2D eigenvalue weighted by atomic mass is 35.5. The van der Waals surface area contributed by atoms with E-state index >= 15 is 0 Å². The molecule has 0 aromatic heterocycles. The molecule has 0 aliphatic rings. The summed E-state index contributed by atoms with van der Waals surface area (Å²) in [5, 5.41) is 0.823. The molecule has 2 aromatic rings. The Morgan fingerprint density at radius 2 is 1.47 bits per heavy atom. The first kappa shape index (κ1) is 14.7. The van der Waals surface area contributed by atoms with Crippen LogP contribution in [0.4, 0.5) is 0 Å². The first-order valence-electron chi connectivity index (χ1n) is 5.24. The van der Waals surface area contributed by atoms with Crippen LogP contribution in [0.1, 0.15) is 0 Å². The number of halogens is 3. The standard InChI is InChI=1S/C13H9Cl3O2S/c1-19(17,18)12-5-3-2-4-9(12)8-6-10(14)13(16)11(15)7-8/h2-7H,1H3. The van der Waals surface area contributed by atoms with Crippen LogP contribution in [-0.2, 0) is 9.84 Å². The van der Waals surface area contributed by atoms with Crippen molar-refractivity contribution in [1.82, 2.24) is 0 Å². The van der Waals surface area contributed by atoms with Crippen molar-refractivity contribution in [3.8, 4) is 11.1 Å². The summed E-state index contributed by atoms with van der Waals surface area (Å²) < 4.78 is 23.5. The molecule has 0 N–H and O–H groups in total. The van der Waals surface area contributed by atoms with Gasteiger partial charge in [0.25, 0.3) is 0 Å². The van der Waals surface area contributed by atoms with Gasteiger partial charge in [-0.05, 0) is 23.8 Å². The third-order valence-electron chi connectivity index (χ3n) is 2.58. The van der Waals surface area contributed by atoms with Gasteiger partial charge in [0.1, 0.15) is 0 Å². The summed E-state index contributed by atoms with van der Waals surface area (Å²) in [4.78, 5) is 0.226. The van der Waals surface area contributed by atoms with Gasteiger partial charge in [0.2, 0.25) is 0 Å². The summed E-state index contributed by atoms with van der Waals surface area (Å²) in [7, 11) is -3.34. The summed E-state index contributed by atoms with van der Waals surface area (Å²) in [5.41, 5.74) is 1.16. The zero-order valence-electron chi connectivity index (χ0n) is 9.82. The fourth-order valence-electron chi connectivity index (χ4n) is 1.74. The molecule has 0 spiro atoms. The molecule has 2 rings (SSSR count). The van der Waals surface area contributed by atoms with Crippen LogP contribution in [0.15, 0.2) is 41.3 Å².